The summed E-state index contributed by atoms with van der Waals surface area (Å²) in [5.41, 5.74) is 1.84. The maximum Gasteiger partial charge on any atom is 0.0309 e. The Kier molecular flexibility index (Phi) is 5.03. The molecule has 1 atom stereocenters. The van der Waals surface area contributed by atoms with Gasteiger partial charge >= 0.3 is 0 Å². The van der Waals surface area contributed by atoms with Crippen molar-refractivity contribution < 1.29 is 0 Å². The van der Waals surface area contributed by atoms with Crippen molar-refractivity contribution in [3.63, 3.8) is 0 Å². The maximum absolute atomic E-state index is 3.91. The molecule has 21 heavy (non-hydrogen) atoms. The van der Waals surface area contributed by atoms with Crippen LogP contribution in [0.2, 0.25) is 0 Å². The quantitative estimate of drug-likeness (QED) is 0.868. The number of rotatable bonds is 4. The summed E-state index contributed by atoms with van der Waals surface area (Å²) in [6.45, 7) is 5.79. The Morgan fingerprint density at radius 3 is 2.86 bits per heavy atom. The fourth-order valence-corrected chi connectivity index (χ4v) is 4.54. The molecule has 1 aromatic carbocycles. The van der Waals surface area contributed by atoms with Crippen molar-refractivity contribution in [2.24, 2.45) is 0 Å². The third-order valence-corrected chi connectivity index (χ3v) is 5.69. The molecular formula is C18H27BrN2. The lowest BCUT2D eigenvalue weighted by molar-refractivity contribution is 0.0689. The van der Waals surface area contributed by atoms with Crippen molar-refractivity contribution in [1.29, 1.82) is 0 Å². The van der Waals surface area contributed by atoms with Crippen LogP contribution in [0.1, 0.15) is 51.0 Å². The summed E-state index contributed by atoms with van der Waals surface area (Å²) >= 11 is 3.60. The van der Waals surface area contributed by atoms with Crippen molar-refractivity contribution in [2.45, 2.75) is 63.6 Å². The molecule has 1 saturated heterocycles. The molecule has 2 fully saturated rings. The van der Waals surface area contributed by atoms with E-state index in [4.69, 9.17) is 0 Å². The Balaban J connectivity index is 1.73. The molecule has 2 aliphatic rings. The normalized spacial score (nSPS) is 25.5. The van der Waals surface area contributed by atoms with Gasteiger partial charge in [-0.2, -0.15) is 0 Å². The van der Waals surface area contributed by atoms with Gasteiger partial charge in [-0.25, -0.2) is 0 Å². The van der Waals surface area contributed by atoms with E-state index in [0.29, 0.717) is 11.6 Å². The summed E-state index contributed by atoms with van der Waals surface area (Å²) in [6, 6.07) is 9.49. The summed E-state index contributed by atoms with van der Waals surface area (Å²) in [6.07, 6.45) is 8.10. The third-order valence-electron chi connectivity index (χ3n) is 5.19. The van der Waals surface area contributed by atoms with Crippen LogP contribution in [0.3, 0.4) is 0 Å². The van der Waals surface area contributed by atoms with Crippen LogP contribution in [0, 0.1) is 0 Å². The van der Waals surface area contributed by atoms with Crippen LogP contribution in [0.15, 0.2) is 28.7 Å². The highest BCUT2D eigenvalue weighted by molar-refractivity contribution is 9.10. The Morgan fingerprint density at radius 1 is 1.33 bits per heavy atom. The number of hydrogen-bond donors (Lipinski definition) is 1. The predicted molar refractivity (Wildman–Crippen MR) is 92.4 cm³/mol. The van der Waals surface area contributed by atoms with Gasteiger partial charge in [0.2, 0.25) is 0 Å². The molecule has 0 amide bonds. The first-order chi connectivity index (χ1) is 10.2. The Morgan fingerprint density at radius 2 is 2.14 bits per heavy atom. The molecule has 0 bridgehead atoms. The highest BCUT2D eigenvalue weighted by Crippen LogP contribution is 2.34. The van der Waals surface area contributed by atoms with Crippen LogP contribution in [0.5, 0.6) is 0 Å². The van der Waals surface area contributed by atoms with E-state index in [9.17, 15) is 0 Å². The lowest BCUT2D eigenvalue weighted by Gasteiger charge is -2.46. The second-order valence-corrected chi connectivity index (χ2v) is 7.76. The Bertz CT molecular complexity index is 468. The minimum absolute atomic E-state index is 0.413. The van der Waals surface area contributed by atoms with Crippen LogP contribution in [-0.2, 0) is 6.54 Å². The van der Waals surface area contributed by atoms with Crippen molar-refractivity contribution in [2.75, 3.05) is 13.1 Å². The Hall–Kier alpha value is -0.380. The number of benzene rings is 1. The number of piperazine rings is 1. The smallest absolute Gasteiger partial charge is 0.0309 e. The lowest BCUT2D eigenvalue weighted by atomic mass is 9.91. The van der Waals surface area contributed by atoms with E-state index < -0.39 is 0 Å². The van der Waals surface area contributed by atoms with Crippen LogP contribution >= 0.6 is 15.9 Å². The van der Waals surface area contributed by atoms with Gasteiger partial charge in [-0.15, -0.1) is 0 Å². The molecule has 3 rings (SSSR count). The van der Waals surface area contributed by atoms with Crippen molar-refractivity contribution in [1.82, 2.24) is 10.2 Å². The van der Waals surface area contributed by atoms with E-state index in [-0.39, 0.29) is 0 Å². The van der Waals surface area contributed by atoms with Gasteiger partial charge in [0, 0.05) is 35.7 Å². The summed E-state index contributed by atoms with van der Waals surface area (Å²) in [7, 11) is 0. The van der Waals surface area contributed by atoms with E-state index in [0.717, 1.165) is 6.54 Å². The van der Waals surface area contributed by atoms with Crippen molar-refractivity contribution >= 4 is 15.9 Å². The Labute approximate surface area is 137 Å². The van der Waals surface area contributed by atoms with E-state index >= 15 is 0 Å². The predicted octanol–water partition coefficient (Wildman–Crippen LogP) is 4.34. The minimum Gasteiger partial charge on any atom is -0.308 e. The van der Waals surface area contributed by atoms with Gasteiger partial charge in [-0.1, -0.05) is 54.2 Å². The molecule has 1 N–H and O–H groups in total. The monoisotopic (exact) mass is 350 g/mol. The molecule has 116 valence electrons. The summed E-state index contributed by atoms with van der Waals surface area (Å²) < 4.78 is 1.19. The van der Waals surface area contributed by atoms with E-state index in [1.807, 2.05) is 0 Å². The molecule has 1 aromatic rings. The number of halogens is 1. The zero-order chi connectivity index (χ0) is 14.7. The molecule has 0 aromatic heterocycles. The number of nitrogens with zero attached hydrogens (tertiary/aromatic N) is 1. The highest BCUT2D eigenvalue weighted by Gasteiger charge is 2.40. The first kappa shape index (κ1) is 15.5. The fourth-order valence-electron chi connectivity index (χ4n) is 4.10. The highest BCUT2D eigenvalue weighted by atomic mass is 79.9. The standard InChI is InChI=1S/C18H27BrN2/c1-2-6-17-12-20-18(9-3-4-10-18)14-21(17)13-15-7-5-8-16(19)11-15/h5,7-8,11,17,20H,2-4,6,9-10,12-14H2,1H3. The molecule has 1 aliphatic carbocycles. The van der Waals surface area contributed by atoms with Crippen LogP contribution in [0.25, 0.3) is 0 Å². The summed E-state index contributed by atoms with van der Waals surface area (Å²) in [4.78, 5) is 2.74. The lowest BCUT2D eigenvalue weighted by Crippen LogP contribution is -2.62. The van der Waals surface area contributed by atoms with Crippen molar-refractivity contribution in [3.05, 3.63) is 34.3 Å². The first-order valence-corrected chi connectivity index (χ1v) is 9.24. The SMILES string of the molecule is CCCC1CNC2(CCCC2)CN1Cc1cccc(Br)c1. The van der Waals surface area contributed by atoms with Crippen LogP contribution in [0.4, 0.5) is 0 Å². The van der Waals surface area contributed by atoms with E-state index in [1.54, 1.807) is 0 Å². The summed E-state index contributed by atoms with van der Waals surface area (Å²) in [5, 5.41) is 3.91. The molecule has 0 radical (unpaired) electrons. The third kappa shape index (κ3) is 3.69. The molecule has 1 unspecified atom stereocenters. The second-order valence-electron chi connectivity index (χ2n) is 6.85. The minimum atomic E-state index is 0.413. The molecule has 1 heterocycles. The molecule has 1 aliphatic heterocycles. The van der Waals surface area contributed by atoms with Crippen LogP contribution < -0.4 is 5.32 Å². The van der Waals surface area contributed by atoms with E-state index in [1.165, 1.54) is 61.7 Å². The molecule has 2 nitrogen and oxygen atoms in total. The van der Waals surface area contributed by atoms with Gasteiger partial charge in [-0.3, -0.25) is 4.90 Å². The number of nitrogens with one attached hydrogen (secondary N) is 1. The topological polar surface area (TPSA) is 15.3 Å². The van der Waals surface area contributed by atoms with Crippen LogP contribution in [-0.4, -0.2) is 29.6 Å². The fraction of sp³-hybridized carbons (Fsp3) is 0.667. The number of hydrogen-bond acceptors (Lipinski definition) is 2. The molecule has 1 saturated carbocycles. The molecular weight excluding hydrogens is 324 g/mol. The second kappa shape index (κ2) is 6.80. The molecule has 1 spiro atoms. The van der Waals surface area contributed by atoms with Gasteiger partial charge in [0.1, 0.15) is 0 Å². The largest absolute Gasteiger partial charge is 0.308 e. The zero-order valence-electron chi connectivity index (χ0n) is 13.1. The average Bonchev–Trinajstić information content (AvgIpc) is 2.91. The first-order valence-electron chi connectivity index (χ1n) is 8.44. The summed E-state index contributed by atoms with van der Waals surface area (Å²) in [5.74, 6) is 0. The van der Waals surface area contributed by atoms with Gasteiger partial charge < -0.3 is 5.32 Å². The zero-order valence-corrected chi connectivity index (χ0v) is 14.7. The van der Waals surface area contributed by atoms with E-state index in [2.05, 4.69) is 57.3 Å². The maximum atomic E-state index is 3.91. The van der Waals surface area contributed by atoms with Gasteiger partial charge in [0.05, 0.1) is 0 Å². The molecule has 3 heteroatoms. The van der Waals surface area contributed by atoms with Gasteiger partial charge in [0.15, 0.2) is 0 Å². The van der Waals surface area contributed by atoms with Crippen molar-refractivity contribution in [3.8, 4) is 0 Å². The average molecular weight is 351 g/mol. The van der Waals surface area contributed by atoms with Gasteiger partial charge in [-0.05, 0) is 37.0 Å². The van der Waals surface area contributed by atoms with Gasteiger partial charge in [0.25, 0.3) is 0 Å².